The minimum absolute atomic E-state index is 0.156. The fourth-order valence-corrected chi connectivity index (χ4v) is 4.51. The molecule has 0 atom stereocenters. The monoisotopic (exact) mass is 346 g/mol. The number of carbonyl (C=O) groups is 1. The van der Waals surface area contributed by atoms with Gasteiger partial charge in [0, 0.05) is 10.4 Å². The highest BCUT2D eigenvalue weighted by molar-refractivity contribution is 7.18. The Labute approximate surface area is 140 Å². The number of hydrogen-bond acceptors (Lipinski definition) is 4. The van der Waals surface area contributed by atoms with Crippen LogP contribution in [0.2, 0.25) is 4.34 Å². The van der Waals surface area contributed by atoms with Crippen molar-refractivity contribution < 1.29 is 4.79 Å². The molecule has 1 aromatic carbocycles. The molecule has 6 heteroatoms. The molecular formula is C16H11ClN2OS2. The molecule has 1 amide bonds. The minimum atomic E-state index is -0.156. The number of nitrogens with one attached hydrogen (secondary N) is 1. The molecule has 0 spiro atoms. The molecule has 110 valence electrons. The van der Waals surface area contributed by atoms with Crippen LogP contribution in [0.1, 0.15) is 20.1 Å². The van der Waals surface area contributed by atoms with Gasteiger partial charge in [0.25, 0.3) is 5.91 Å². The van der Waals surface area contributed by atoms with Gasteiger partial charge in [0.15, 0.2) is 5.13 Å². The first kappa shape index (κ1) is 13.9. The van der Waals surface area contributed by atoms with Crippen LogP contribution in [0.25, 0.3) is 11.3 Å². The molecule has 0 saturated carbocycles. The number of halogens is 1. The van der Waals surface area contributed by atoms with E-state index in [4.69, 9.17) is 11.6 Å². The molecule has 0 unspecified atom stereocenters. The zero-order chi connectivity index (χ0) is 15.1. The van der Waals surface area contributed by atoms with Crippen molar-refractivity contribution in [2.24, 2.45) is 0 Å². The van der Waals surface area contributed by atoms with Crippen LogP contribution < -0.4 is 5.32 Å². The number of thiophene rings is 1. The molecule has 0 radical (unpaired) electrons. The van der Waals surface area contributed by atoms with E-state index in [0.717, 1.165) is 18.5 Å². The minimum Gasteiger partial charge on any atom is -0.297 e. The Hall–Kier alpha value is -1.69. The van der Waals surface area contributed by atoms with Crippen molar-refractivity contribution >= 4 is 45.3 Å². The maximum Gasteiger partial charge on any atom is 0.267 e. The number of rotatable bonds is 2. The summed E-state index contributed by atoms with van der Waals surface area (Å²) in [6, 6.07) is 11.8. The first-order valence-electron chi connectivity index (χ1n) is 6.85. The lowest BCUT2D eigenvalue weighted by Gasteiger charge is -2.13. The van der Waals surface area contributed by atoms with Gasteiger partial charge in [-0.25, -0.2) is 4.98 Å². The summed E-state index contributed by atoms with van der Waals surface area (Å²) in [5, 5.41) is 3.53. The van der Waals surface area contributed by atoms with Gasteiger partial charge in [-0.3, -0.25) is 10.1 Å². The number of hydrogen-bond donors (Lipinski definition) is 1. The number of nitrogens with zero attached hydrogens (tertiary/aromatic N) is 1. The molecule has 22 heavy (non-hydrogen) atoms. The summed E-state index contributed by atoms with van der Waals surface area (Å²) in [5.41, 5.74) is 3.51. The number of aromatic nitrogens is 1. The van der Waals surface area contributed by atoms with Crippen LogP contribution in [0.4, 0.5) is 5.13 Å². The van der Waals surface area contributed by atoms with Gasteiger partial charge in [-0.2, -0.15) is 0 Å². The van der Waals surface area contributed by atoms with Gasteiger partial charge in [-0.05, 0) is 30.5 Å². The maximum absolute atomic E-state index is 12.2. The van der Waals surface area contributed by atoms with Gasteiger partial charge < -0.3 is 0 Å². The first-order valence-corrected chi connectivity index (χ1v) is 8.86. The van der Waals surface area contributed by atoms with E-state index in [-0.39, 0.29) is 5.91 Å². The largest absolute Gasteiger partial charge is 0.297 e. The highest BCUT2D eigenvalue weighted by Crippen LogP contribution is 2.38. The van der Waals surface area contributed by atoms with Crippen LogP contribution in [0, 0.1) is 0 Å². The van der Waals surface area contributed by atoms with Crippen molar-refractivity contribution in [3.8, 4) is 11.3 Å². The van der Waals surface area contributed by atoms with E-state index >= 15 is 0 Å². The molecule has 3 aromatic rings. The Morgan fingerprint density at radius 2 is 2.00 bits per heavy atom. The van der Waals surface area contributed by atoms with Gasteiger partial charge in [-0.1, -0.05) is 35.9 Å². The van der Waals surface area contributed by atoms with Crippen molar-refractivity contribution in [1.82, 2.24) is 4.98 Å². The first-order chi connectivity index (χ1) is 10.7. The highest BCUT2D eigenvalue weighted by Gasteiger charge is 2.21. The molecule has 2 aromatic heterocycles. The van der Waals surface area contributed by atoms with Gasteiger partial charge in [0.1, 0.15) is 0 Å². The summed E-state index contributed by atoms with van der Waals surface area (Å²) in [7, 11) is 0. The number of aryl methyl sites for hydroxylation is 2. The predicted octanol–water partition coefficient (Wildman–Crippen LogP) is 4.88. The molecule has 4 rings (SSSR count). The van der Waals surface area contributed by atoms with Gasteiger partial charge in [0.05, 0.1) is 14.9 Å². The number of anilines is 1. The van der Waals surface area contributed by atoms with E-state index in [0.29, 0.717) is 14.3 Å². The summed E-state index contributed by atoms with van der Waals surface area (Å²) < 4.78 is 0.609. The quantitative estimate of drug-likeness (QED) is 0.718. The van der Waals surface area contributed by atoms with Crippen molar-refractivity contribution in [1.29, 1.82) is 0 Å². The molecule has 0 fully saturated rings. The van der Waals surface area contributed by atoms with Crippen molar-refractivity contribution in [2.45, 2.75) is 12.8 Å². The Bertz CT molecular complexity index is 869. The van der Waals surface area contributed by atoms with Crippen molar-refractivity contribution in [3.05, 3.63) is 56.1 Å². The lowest BCUT2D eigenvalue weighted by atomic mass is 9.94. The summed E-state index contributed by atoms with van der Waals surface area (Å²) in [5.74, 6) is -0.156. The number of fused-ring (bicyclic) bond motifs is 3. The molecular weight excluding hydrogens is 336 g/mol. The average molecular weight is 347 g/mol. The zero-order valence-corrected chi connectivity index (χ0v) is 13.8. The molecule has 0 saturated heterocycles. The van der Waals surface area contributed by atoms with Crippen LogP contribution in [0.15, 0.2) is 36.4 Å². The van der Waals surface area contributed by atoms with Gasteiger partial charge in [0.2, 0.25) is 0 Å². The normalized spacial score (nSPS) is 12.6. The lowest BCUT2D eigenvalue weighted by Crippen LogP contribution is -2.09. The lowest BCUT2D eigenvalue weighted by molar-refractivity contribution is 0.103. The van der Waals surface area contributed by atoms with Gasteiger partial charge >= 0.3 is 0 Å². The third kappa shape index (κ3) is 2.45. The fraction of sp³-hybridized carbons (Fsp3) is 0.125. The Kier molecular flexibility index (Phi) is 3.48. The number of benzene rings is 1. The SMILES string of the molecule is O=C(Nc1nc2c(s1)CCc1ccccc1-2)c1ccc(Cl)s1. The third-order valence-electron chi connectivity index (χ3n) is 3.61. The van der Waals surface area contributed by atoms with E-state index in [9.17, 15) is 4.79 Å². The fourth-order valence-electron chi connectivity index (χ4n) is 2.60. The number of thiazole rings is 1. The predicted molar refractivity (Wildman–Crippen MR) is 92.2 cm³/mol. The summed E-state index contributed by atoms with van der Waals surface area (Å²) in [4.78, 5) is 18.6. The second-order valence-electron chi connectivity index (χ2n) is 5.01. The zero-order valence-electron chi connectivity index (χ0n) is 11.4. The number of amides is 1. The Morgan fingerprint density at radius 1 is 1.14 bits per heavy atom. The number of carbonyl (C=O) groups excluding carboxylic acids is 1. The molecule has 1 aliphatic rings. The van der Waals surface area contributed by atoms with Crippen molar-refractivity contribution in [3.63, 3.8) is 0 Å². The van der Waals surface area contributed by atoms with E-state index in [1.807, 2.05) is 6.07 Å². The van der Waals surface area contributed by atoms with E-state index in [2.05, 4.69) is 28.5 Å². The van der Waals surface area contributed by atoms with E-state index < -0.39 is 0 Å². The molecule has 0 bridgehead atoms. The van der Waals surface area contributed by atoms with Crippen LogP contribution in [-0.4, -0.2) is 10.9 Å². The summed E-state index contributed by atoms with van der Waals surface area (Å²) in [6.45, 7) is 0. The topological polar surface area (TPSA) is 42.0 Å². The van der Waals surface area contributed by atoms with Gasteiger partial charge in [-0.15, -0.1) is 22.7 Å². The molecule has 0 aliphatic heterocycles. The Balaban J connectivity index is 1.64. The van der Waals surface area contributed by atoms with Crippen LogP contribution >= 0.6 is 34.3 Å². The summed E-state index contributed by atoms with van der Waals surface area (Å²) >= 11 is 8.70. The van der Waals surface area contributed by atoms with Crippen LogP contribution in [0.3, 0.4) is 0 Å². The molecule has 3 nitrogen and oxygen atoms in total. The second-order valence-corrected chi connectivity index (χ2v) is 7.80. The van der Waals surface area contributed by atoms with E-state index in [1.165, 1.54) is 27.3 Å². The van der Waals surface area contributed by atoms with Crippen molar-refractivity contribution in [2.75, 3.05) is 5.32 Å². The van der Waals surface area contributed by atoms with Crippen LogP contribution in [0.5, 0.6) is 0 Å². The smallest absolute Gasteiger partial charge is 0.267 e. The van der Waals surface area contributed by atoms with E-state index in [1.54, 1.807) is 23.5 Å². The molecule has 1 aliphatic carbocycles. The third-order valence-corrected chi connectivity index (χ3v) is 5.87. The molecule has 2 heterocycles. The maximum atomic E-state index is 12.2. The average Bonchev–Trinajstić information content (AvgIpc) is 3.13. The van der Waals surface area contributed by atoms with Crippen LogP contribution in [-0.2, 0) is 12.8 Å². The highest BCUT2D eigenvalue weighted by atomic mass is 35.5. The molecule has 1 N–H and O–H groups in total. The second kappa shape index (κ2) is 5.50. The Morgan fingerprint density at radius 3 is 2.82 bits per heavy atom. The summed E-state index contributed by atoms with van der Waals surface area (Å²) in [6.07, 6.45) is 2.00. The standard InChI is InChI=1S/C16H11ClN2OS2/c17-13-8-7-12(21-13)15(20)19-16-18-14-10-4-2-1-3-9(10)5-6-11(14)22-16/h1-4,7-8H,5-6H2,(H,18,19,20).